The standard InChI is InChI=1S/C21H25.C10H15.C8H5F3.2ClH.Zr/c1-20(2,3)16-7-9-18-14(12-16)11-15-13-17(21(4,5)6)8-10-19(15)18;1-7(2)10-6-8(3)5-9(10)4;1-6-2-4-7(5-3-6)8(9,10)11;;;/h7-10,12H,11H2,1-6H3;6-8H,1-4H3;1-5H;2*1H;/q;;;;;+2/p-2. The van der Waals surface area contributed by atoms with Gasteiger partial charge in [-0.2, -0.15) is 0 Å². The molecule has 0 saturated carbocycles. The quantitative estimate of drug-likeness (QED) is 0.291. The molecular weight excluding hydrogens is 688 g/mol. The molecule has 2 aliphatic carbocycles. The average Bonchev–Trinajstić information content (AvgIpc) is 3.41. The van der Waals surface area contributed by atoms with E-state index in [1.165, 1.54) is 59.9 Å². The second kappa shape index (κ2) is 13.4. The van der Waals surface area contributed by atoms with Gasteiger partial charge in [0.1, 0.15) is 0 Å². The minimum absolute atomic E-state index is 0. The SMILES string of the molecule is CC1=[C](/[Zr+2](=[CH]/c2ccc(C(F)(F)F)cc2)[c]2c(C(C)(C)C)ccc3c2Cc2cc(C(C)(C)C)ccc2-3)C(C)C=C1C(C)C.[Cl-].[Cl-]. The Labute approximate surface area is 288 Å². The van der Waals surface area contributed by atoms with Crippen molar-refractivity contribution in [2.75, 3.05) is 0 Å². The zero-order valence-corrected chi connectivity index (χ0v) is 32.1. The number of benzene rings is 3. The van der Waals surface area contributed by atoms with Crippen molar-refractivity contribution in [2.24, 2.45) is 11.8 Å². The van der Waals surface area contributed by atoms with E-state index in [-0.39, 0.29) is 35.6 Å². The molecule has 0 bridgehead atoms. The van der Waals surface area contributed by atoms with Gasteiger partial charge in [-0.3, -0.25) is 0 Å². The molecule has 0 nitrogen and oxygen atoms in total. The summed E-state index contributed by atoms with van der Waals surface area (Å²) in [7, 11) is 0. The summed E-state index contributed by atoms with van der Waals surface area (Å²) in [6, 6.07) is 17.5. The van der Waals surface area contributed by atoms with Gasteiger partial charge in [0.2, 0.25) is 0 Å². The van der Waals surface area contributed by atoms with Gasteiger partial charge >= 0.3 is 266 Å². The zero-order chi connectivity index (χ0) is 31.6. The fraction of sp³-hybridized carbons (Fsp3) is 0.410. The zero-order valence-electron chi connectivity index (χ0n) is 28.1. The van der Waals surface area contributed by atoms with Crippen molar-refractivity contribution in [2.45, 2.75) is 92.7 Å². The Morgan fingerprint density at radius 1 is 0.800 bits per heavy atom. The van der Waals surface area contributed by atoms with Crippen LogP contribution in [0.2, 0.25) is 0 Å². The predicted octanol–water partition coefficient (Wildman–Crippen LogP) is 4.48. The van der Waals surface area contributed by atoms with Crippen LogP contribution in [-0.2, 0) is 44.7 Å². The van der Waals surface area contributed by atoms with Crippen molar-refractivity contribution in [3.05, 3.63) is 108 Å². The minimum Gasteiger partial charge on any atom is -1.00 e. The van der Waals surface area contributed by atoms with Crippen LogP contribution in [-0.4, -0.2) is 3.71 Å². The Morgan fingerprint density at radius 3 is 1.89 bits per heavy atom. The van der Waals surface area contributed by atoms with Crippen LogP contribution in [0.1, 0.15) is 103 Å². The van der Waals surface area contributed by atoms with E-state index in [0.717, 1.165) is 12.0 Å². The first kappa shape index (κ1) is 37.7. The number of halogens is 5. The van der Waals surface area contributed by atoms with Gasteiger partial charge in [-0.05, 0) is 0 Å². The molecule has 6 heteroatoms. The van der Waals surface area contributed by atoms with Gasteiger partial charge in [-0.25, -0.2) is 0 Å². The first-order chi connectivity index (χ1) is 19.9. The monoisotopic (exact) mass is 730 g/mol. The number of allylic oxidation sites excluding steroid dienone is 4. The fourth-order valence-electron chi connectivity index (χ4n) is 6.94. The molecule has 0 spiro atoms. The Bertz CT molecular complexity index is 1680. The Hall–Kier alpha value is -1.74. The summed E-state index contributed by atoms with van der Waals surface area (Å²) < 4.78 is 45.9. The van der Waals surface area contributed by atoms with Crippen molar-refractivity contribution in [3.63, 3.8) is 0 Å². The van der Waals surface area contributed by atoms with Gasteiger partial charge in [-0.15, -0.1) is 0 Å². The molecule has 1 atom stereocenters. The molecule has 0 heterocycles. The molecule has 5 rings (SSSR count). The molecular formula is C39H45Cl2F3Zr. The van der Waals surface area contributed by atoms with Crippen LogP contribution in [0.15, 0.2) is 75.1 Å². The third-order valence-corrected chi connectivity index (χ3v) is 16.9. The molecule has 0 N–H and O–H groups in total. The molecule has 45 heavy (non-hydrogen) atoms. The van der Waals surface area contributed by atoms with E-state index in [1.807, 2.05) is 0 Å². The second-order valence-electron chi connectivity index (χ2n) is 14.8. The molecule has 0 radical (unpaired) electrons. The van der Waals surface area contributed by atoms with Crippen LogP contribution in [0.25, 0.3) is 11.1 Å². The number of fused-ring (bicyclic) bond motifs is 3. The molecule has 0 aromatic heterocycles. The molecule has 0 aliphatic heterocycles. The van der Waals surface area contributed by atoms with Crippen LogP contribution in [0.4, 0.5) is 13.2 Å². The van der Waals surface area contributed by atoms with E-state index < -0.39 is 33.0 Å². The van der Waals surface area contributed by atoms with Crippen molar-refractivity contribution < 1.29 is 59.3 Å². The molecule has 0 amide bonds. The maximum Gasteiger partial charge on any atom is -1.00 e. The van der Waals surface area contributed by atoms with Crippen LogP contribution in [0.3, 0.4) is 0 Å². The van der Waals surface area contributed by atoms with E-state index in [4.69, 9.17) is 0 Å². The molecule has 0 fully saturated rings. The van der Waals surface area contributed by atoms with Gasteiger partial charge in [-0.1, -0.05) is 0 Å². The Morgan fingerprint density at radius 2 is 1.38 bits per heavy atom. The molecule has 240 valence electrons. The number of rotatable bonds is 4. The largest absolute Gasteiger partial charge is 1.00 e. The van der Waals surface area contributed by atoms with Gasteiger partial charge in [0.05, 0.1) is 0 Å². The minimum atomic E-state index is -4.34. The van der Waals surface area contributed by atoms with Gasteiger partial charge in [0.15, 0.2) is 0 Å². The van der Waals surface area contributed by atoms with Crippen molar-refractivity contribution in [1.82, 2.24) is 0 Å². The summed E-state index contributed by atoms with van der Waals surface area (Å²) >= 11 is -2.89. The third-order valence-electron chi connectivity index (χ3n) is 9.20. The maximum absolute atomic E-state index is 13.5. The van der Waals surface area contributed by atoms with Crippen LogP contribution in [0, 0.1) is 11.8 Å². The summed E-state index contributed by atoms with van der Waals surface area (Å²) in [5, 5.41) is 0. The predicted molar refractivity (Wildman–Crippen MR) is 173 cm³/mol. The van der Waals surface area contributed by atoms with E-state index in [0.29, 0.717) is 11.8 Å². The van der Waals surface area contributed by atoms with E-state index >= 15 is 0 Å². The summed E-state index contributed by atoms with van der Waals surface area (Å²) in [5.74, 6) is 0.747. The van der Waals surface area contributed by atoms with Crippen molar-refractivity contribution in [3.8, 4) is 11.1 Å². The second-order valence-corrected chi connectivity index (χ2v) is 20.1. The number of alkyl halides is 3. The van der Waals surface area contributed by atoms with Crippen LogP contribution in [0.5, 0.6) is 0 Å². The Kier molecular flexibility index (Phi) is 11.2. The first-order valence-electron chi connectivity index (χ1n) is 15.5. The van der Waals surface area contributed by atoms with Gasteiger partial charge in [0, 0.05) is 0 Å². The van der Waals surface area contributed by atoms with E-state index in [1.54, 1.807) is 15.4 Å². The normalized spacial score (nSPS) is 16.3. The summed E-state index contributed by atoms with van der Waals surface area (Å²) in [6.45, 7) is 22.8. The molecule has 2 aliphatic rings. The summed E-state index contributed by atoms with van der Waals surface area (Å²) in [6.07, 6.45) is -0.989. The number of hydrogen-bond donors (Lipinski definition) is 0. The number of hydrogen-bond acceptors (Lipinski definition) is 0. The van der Waals surface area contributed by atoms with Crippen molar-refractivity contribution in [1.29, 1.82) is 0 Å². The van der Waals surface area contributed by atoms with Crippen molar-refractivity contribution >= 4 is 6.98 Å². The molecule has 1 unspecified atom stereocenters. The smallest absolute Gasteiger partial charge is 1.00 e. The van der Waals surface area contributed by atoms with Gasteiger partial charge in [0.25, 0.3) is 0 Å². The van der Waals surface area contributed by atoms with E-state index in [2.05, 4.69) is 109 Å². The topological polar surface area (TPSA) is 0 Å². The average molecular weight is 733 g/mol. The van der Waals surface area contributed by atoms with E-state index in [9.17, 15) is 13.2 Å². The third kappa shape index (κ3) is 7.39. The van der Waals surface area contributed by atoms with Crippen LogP contribution >= 0.6 is 0 Å². The molecule has 3 aromatic rings. The van der Waals surface area contributed by atoms with Crippen LogP contribution < -0.4 is 28.1 Å². The Balaban J connectivity index is 0.00000276. The fourth-order valence-corrected chi connectivity index (χ4v) is 15.6. The first-order valence-corrected chi connectivity index (χ1v) is 19.4. The summed E-state index contributed by atoms with van der Waals surface area (Å²) in [5.41, 5.74) is 11.4. The maximum atomic E-state index is 13.5. The van der Waals surface area contributed by atoms with Gasteiger partial charge < -0.3 is 24.8 Å². The molecule has 0 saturated heterocycles. The molecule has 3 aromatic carbocycles. The summed E-state index contributed by atoms with van der Waals surface area (Å²) in [4.78, 5) is 0.